The maximum absolute atomic E-state index is 13.3. The number of sulfonamides is 1. The molecule has 4 aromatic rings. The van der Waals surface area contributed by atoms with E-state index in [9.17, 15) is 13.2 Å². The van der Waals surface area contributed by atoms with Gasteiger partial charge in [-0.3, -0.25) is 4.79 Å². The van der Waals surface area contributed by atoms with Crippen LogP contribution in [0, 0.1) is 0 Å². The third-order valence-electron chi connectivity index (χ3n) is 6.31. The second-order valence-corrected chi connectivity index (χ2v) is 11.3. The molecule has 0 radical (unpaired) electrons. The molecule has 1 aliphatic heterocycles. The Hall–Kier alpha value is -2.82. The Morgan fingerprint density at radius 1 is 1.18 bits per heavy atom. The number of thiazole rings is 1. The van der Waals surface area contributed by atoms with Crippen LogP contribution in [-0.4, -0.2) is 40.3 Å². The number of imidazole rings is 1. The summed E-state index contributed by atoms with van der Waals surface area (Å²) in [7, 11) is -3.80. The molecule has 2 N–H and O–H groups in total. The number of nitrogens with zero attached hydrogens (tertiary/aromatic N) is 4. The lowest BCUT2D eigenvalue weighted by Crippen LogP contribution is -2.30. The fourth-order valence-electron chi connectivity index (χ4n) is 4.72. The number of hydrogen-bond acceptors (Lipinski definition) is 6. The number of aryl methyl sites for hydroxylation is 2. The molecule has 1 fully saturated rings. The summed E-state index contributed by atoms with van der Waals surface area (Å²) in [6, 6.07) is 12.9. The Kier molecular flexibility index (Phi) is 6.13. The van der Waals surface area contributed by atoms with E-state index in [1.54, 1.807) is 17.4 Å². The number of nitrogens with two attached hydrogens (primary N) is 1. The first kappa shape index (κ1) is 22.9. The molecule has 10 heteroatoms. The van der Waals surface area contributed by atoms with Crippen LogP contribution in [0.25, 0.3) is 21.3 Å². The number of carbonyl (C=O) groups is 1. The van der Waals surface area contributed by atoms with Crippen LogP contribution >= 0.6 is 11.3 Å². The average molecular weight is 498 g/mol. The number of benzene rings is 2. The molecule has 0 aliphatic carbocycles. The van der Waals surface area contributed by atoms with Crippen LogP contribution < -0.4 is 5.14 Å². The number of amides is 1. The van der Waals surface area contributed by atoms with Gasteiger partial charge in [-0.15, -0.1) is 11.3 Å². The van der Waals surface area contributed by atoms with Gasteiger partial charge in [0.25, 0.3) is 0 Å². The van der Waals surface area contributed by atoms with Crippen molar-refractivity contribution in [1.82, 2.24) is 19.4 Å². The minimum absolute atomic E-state index is 0.0247. The van der Waals surface area contributed by atoms with Crippen molar-refractivity contribution in [2.45, 2.75) is 56.5 Å². The summed E-state index contributed by atoms with van der Waals surface area (Å²) in [6.07, 6.45) is 3.63. The van der Waals surface area contributed by atoms with Crippen LogP contribution in [0.15, 0.2) is 47.4 Å². The lowest BCUT2D eigenvalue weighted by molar-refractivity contribution is -0.132. The molecule has 178 valence electrons. The van der Waals surface area contributed by atoms with E-state index in [2.05, 4.69) is 22.5 Å². The zero-order valence-electron chi connectivity index (χ0n) is 19.0. The number of rotatable bonds is 7. The first-order valence-corrected chi connectivity index (χ1v) is 13.9. The number of aromatic nitrogens is 3. The van der Waals surface area contributed by atoms with Gasteiger partial charge in [-0.2, -0.15) is 0 Å². The van der Waals surface area contributed by atoms with Gasteiger partial charge in [0.05, 0.1) is 32.2 Å². The van der Waals surface area contributed by atoms with Gasteiger partial charge in [-0.05, 0) is 49.6 Å². The Labute approximate surface area is 202 Å². The van der Waals surface area contributed by atoms with Crippen molar-refractivity contribution in [2.75, 3.05) is 6.54 Å². The Morgan fingerprint density at radius 2 is 2.00 bits per heavy atom. The molecule has 1 atom stereocenters. The number of primary sulfonamides is 1. The monoisotopic (exact) mass is 497 g/mol. The van der Waals surface area contributed by atoms with Gasteiger partial charge < -0.3 is 9.47 Å². The fraction of sp³-hybridized carbons (Fsp3) is 0.375. The molecule has 5 rings (SSSR count). The number of likely N-dealkylation sites (tertiary alicyclic amines) is 1. The molecule has 0 spiro atoms. The summed E-state index contributed by atoms with van der Waals surface area (Å²) in [4.78, 5) is 24.7. The molecule has 1 unspecified atom stereocenters. The zero-order chi connectivity index (χ0) is 23.9. The Bertz CT molecular complexity index is 1440. The molecule has 0 saturated carbocycles. The topological polar surface area (TPSA) is 111 Å². The molecule has 34 heavy (non-hydrogen) atoms. The minimum atomic E-state index is -3.80. The quantitative estimate of drug-likeness (QED) is 0.415. The highest BCUT2D eigenvalue weighted by molar-refractivity contribution is 7.89. The Balaban J connectivity index is 1.36. The number of hydrogen-bond donors (Lipinski definition) is 1. The maximum atomic E-state index is 13.3. The summed E-state index contributed by atoms with van der Waals surface area (Å²) in [5.41, 5.74) is 2.41. The van der Waals surface area contributed by atoms with E-state index in [1.165, 1.54) is 12.1 Å². The van der Waals surface area contributed by atoms with Crippen molar-refractivity contribution >= 4 is 48.5 Å². The smallest absolute Gasteiger partial charge is 0.238 e. The fourth-order valence-corrected chi connectivity index (χ4v) is 6.37. The molecular formula is C24H27N5O3S2. The van der Waals surface area contributed by atoms with Gasteiger partial charge in [0.2, 0.25) is 15.9 Å². The summed E-state index contributed by atoms with van der Waals surface area (Å²) < 4.78 is 26.7. The molecule has 2 aromatic carbocycles. The van der Waals surface area contributed by atoms with E-state index < -0.39 is 10.0 Å². The van der Waals surface area contributed by atoms with Gasteiger partial charge in [0.15, 0.2) is 0 Å². The van der Waals surface area contributed by atoms with Gasteiger partial charge in [0, 0.05) is 25.9 Å². The van der Waals surface area contributed by atoms with E-state index in [-0.39, 0.29) is 16.8 Å². The number of fused-ring (bicyclic) bond motifs is 2. The molecule has 1 saturated heterocycles. The largest absolute Gasteiger partial charge is 0.333 e. The van der Waals surface area contributed by atoms with Gasteiger partial charge in [0.1, 0.15) is 10.8 Å². The minimum Gasteiger partial charge on any atom is -0.333 e. The SMILES string of the molecule is CCCn1c(CCC(=O)N2CCCC2c2nc3ccccc3s2)nc2cc(S(N)(=O)=O)ccc21. The first-order chi connectivity index (χ1) is 16.3. The molecule has 2 aromatic heterocycles. The third-order valence-corrected chi connectivity index (χ3v) is 8.35. The second kappa shape index (κ2) is 9.09. The van der Waals surface area contributed by atoms with E-state index in [0.717, 1.165) is 58.9 Å². The highest BCUT2D eigenvalue weighted by Gasteiger charge is 2.32. The number of carbonyl (C=O) groups excluding carboxylic acids is 1. The molecule has 3 heterocycles. The van der Waals surface area contributed by atoms with Crippen LogP contribution in [0.3, 0.4) is 0 Å². The third kappa shape index (κ3) is 4.33. The number of para-hydroxylation sites is 1. The zero-order valence-corrected chi connectivity index (χ0v) is 20.6. The normalized spacial score (nSPS) is 16.6. The van der Waals surface area contributed by atoms with Crippen molar-refractivity contribution < 1.29 is 13.2 Å². The van der Waals surface area contributed by atoms with Gasteiger partial charge in [-0.25, -0.2) is 23.5 Å². The highest BCUT2D eigenvalue weighted by atomic mass is 32.2. The standard InChI is InChI=1S/C24H27N5O3S2/c1-2-13-28-19-10-9-16(34(25,31)32)15-18(19)26-22(28)11-12-23(30)29-14-5-7-20(29)24-27-17-6-3-4-8-21(17)33-24/h3-4,6,8-10,15,20H,2,5,7,11-14H2,1H3,(H2,25,31,32). The molecule has 1 aliphatic rings. The summed E-state index contributed by atoms with van der Waals surface area (Å²) in [5, 5.41) is 6.29. The molecule has 8 nitrogen and oxygen atoms in total. The summed E-state index contributed by atoms with van der Waals surface area (Å²) in [6.45, 7) is 3.56. The van der Waals surface area contributed by atoms with Crippen molar-refractivity contribution in [3.05, 3.63) is 53.3 Å². The lowest BCUT2D eigenvalue weighted by atomic mass is 10.2. The average Bonchev–Trinajstić information content (AvgIpc) is 3.53. The second-order valence-electron chi connectivity index (χ2n) is 8.64. The first-order valence-electron chi connectivity index (χ1n) is 11.5. The van der Waals surface area contributed by atoms with Gasteiger partial charge in [-0.1, -0.05) is 19.1 Å². The van der Waals surface area contributed by atoms with Crippen molar-refractivity contribution in [3.63, 3.8) is 0 Å². The van der Waals surface area contributed by atoms with Crippen molar-refractivity contribution in [2.24, 2.45) is 5.14 Å². The van der Waals surface area contributed by atoms with Gasteiger partial charge >= 0.3 is 0 Å². The molecule has 1 amide bonds. The summed E-state index contributed by atoms with van der Waals surface area (Å²) >= 11 is 1.66. The molecule has 0 bridgehead atoms. The predicted molar refractivity (Wildman–Crippen MR) is 133 cm³/mol. The van der Waals surface area contributed by atoms with E-state index in [0.29, 0.717) is 18.4 Å². The lowest BCUT2D eigenvalue weighted by Gasteiger charge is -2.23. The van der Waals surface area contributed by atoms with Crippen molar-refractivity contribution in [1.29, 1.82) is 0 Å². The van der Waals surface area contributed by atoms with E-state index >= 15 is 0 Å². The maximum Gasteiger partial charge on any atom is 0.238 e. The predicted octanol–water partition coefficient (Wildman–Crippen LogP) is 4.00. The highest BCUT2D eigenvalue weighted by Crippen LogP contribution is 2.37. The van der Waals surface area contributed by atoms with Crippen LogP contribution in [0.2, 0.25) is 0 Å². The van der Waals surface area contributed by atoms with Crippen LogP contribution in [0.4, 0.5) is 0 Å². The van der Waals surface area contributed by atoms with Crippen LogP contribution in [0.1, 0.15) is 49.5 Å². The van der Waals surface area contributed by atoms with Crippen LogP contribution in [-0.2, 0) is 27.8 Å². The van der Waals surface area contributed by atoms with Crippen LogP contribution in [0.5, 0.6) is 0 Å². The van der Waals surface area contributed by atoms with E-state index in [1.807, 2.05) is 23.1 Å². The van der Waals surface area contributed by atoms with Crippen molar-refractivity contribution in [3.8, 4) is 0 Å². The van der Waals surface area contributed by atoms with E-state index in [4.69, 9.17) is 10.1 Å². The summed E-state index contributed by atoms with van der Waals surface area (Å²) in [5.74, 6) is 0.884. The Morgan fingerprint density at radius 3 is 2.76 bits per heavy atom. The molecular weight excluding hydrogens is 470 g/mol.